The summed E-state index contributed by atoms with van der Waals surface area (Å²) < 4.78 is 5.17. The SMILES string of the molecule is COc1cccc(N2CC(C(=O)N3CCNC(=O)C3)CC2=O)c1. The van der Waals surface area contributed by atoms with Crippen LogP contribution < -0.4 is 15.0 Å². The molecule has 2 heterocycles. The number of nitrogens with zero attached hydrogens (tertiary/aromatic N) is 2. The summed E-state index contributed by atoms with van der Waals surface area (Å²) in [5, 5.41) is 2.69. The Labute approximate surface area is 134 Å². The largest absolute Gasteiger partial charge is 0.497 e. The van der Waals surface area contributed by atoms with Gasteiger partial charge in [-0.05, 0) is 12.1 Å². The molecule has 23 heavy (non-hydrogen) atoms. The molecule has 122 valence electrons. The normalized spacial score (nSPS) is 21.3. The third-order valence-electron chi connectivity index (χ3n) is 4.19. The van der Waals surface area contributed by atoms with Gasteiger partial charge in [-0.3, -0.25) is 14.4 Å². The first kappa shape index (κ1) is 15.3. The average molecular weight is 317 g/mol. The molecule has 3 rings (SSSR count). The number of hydrogen-bond donors (Lipinski definition) is 1. The first-order valence-corrected chi connectivity index (χ1v) is 7.58. The Morgan fingerprint density at radius 2 is 2.17 bits per heavy atom. The number of hydrogen-bond acceptors (Lipinski definition) is 4. The number of benzene rings is 1. The molecular weight excluding hydrogens is 298 g/mol. The van der Waals surface area contributed by atoms with Crippen molar-refractivity contribution < 1.29 is 19.1 Å². The van der Waals surface area contributed by atoms with Crippen molar-refractivity contribution >= 4 is 23.4 Å². The summed E-state index contributed by atoms with van der Waals surface area (Å²) in [6, 6.07) is 7.21. The molecule has 2 saturated heterocycles. The van der Waals surface area contributed by atoms with Crippen molar-refractivity contribution in [1.82, 2.24) is 10.2 Å². The molecule has 1 N–H and O–H groups in total. The van der Waals surface area contributed by atoms with E-state index in [-0.39, 0.29) is 30.7 Å². The minimum Gasteiger partial charge on any atom is -0.497 e. The van der Waals surface area contributed by atoms with Crippen LogP contribution in [-0.2, 0) is 14.4 Å². The average Bonchev–Trinajstić information content (AvgIpc) is 2.96. The molecule has 2 aliphatic rings. The highest BCUT2D eigenvalue weighted by Gasteiger charge is 2.38. The number of nitrogens with one attached hydrogen (secondary N) is 1. The van der Waals surface area contributed by atoms with Gasteiger partial charge < -0.3 is 19.9 Å². The summed E-state index contributed by atoms with van der Waals surface area (Å²) >= 11 is 0. The van der Waals surface area contributed by atoms with Crippen molar-refractivity contribution in [3.63, 3.8) is 0 Å². The summed E-state index contributed by atoms with van der Waals surface area (Å²) in [7, 11) is 1.57. The Bertz CT molecular complexity index is 646. The maximum Gasteiger partial charge on any atom is 0.239 e. The van der Waals surface area contributed by atoms with E-state index in [4.69, 9.17) is 4.74 Å². The van der Waals surface area contributed by atoms with Gasteiger partial charge in [-0.2, -0.15) is 0 Å². The number of piperazine rings is 1. The van der Waals surface area contributed by atoms with E-state index in [1.54, 1.807) is 24.1 Å². The van der Waals surface area contributed by atoms with Gasteiger partial charge in [0.15, 0.2) is 0 Å². The van der Waals surface area contributed by atoms with Gasteiger partial charge in [0.2, 0.25) is 17.7 Å². The fourth-order valence-corrected chi connectivity index (χ4v) is 2.99. The predicted octanol–water partition coefficient (Wildman–Crippen LogP) is 0.00650. The molecular formula is C16H19N3O4. The van der Waals surface area contributed by atoms with E-state index in [1.165, 1.54) is 4.90 Å². The lowest BCUT2D eigenvalue weighted by molar-refractivity contribution is -0.141. The minimum absolute atomic E-state index is 0.0721. The summed E-state index contributed by atoms with van der Waals surface area (Å²) in [6.45, 7) is 1.37. The Morgan fingerprint density at radius 1 is 1.35 bits per heavy atom. The third-order valence-corrected chi connectivity index (χ3v) is 4.19. The number of carbonyl (C=O) groups excluding carboxylic acids is 3. The van der Waals surface area contributed by atoms with Crippen LogP contribution in [0.3, 0.4) is 0 Å². The Kier molecular flexibility index (Phi) is 4.18. The monoisotopic (exact) mass is 317 g/mol. The van der Waals surface area contributed by atoms with E-state index in [1.807, 2.05) is 12.1 Å². The first-order chi connectivity index (χ1) is 11.1. The van der Waals surface area contributed by atoms with Crippen LogP contribution in [-0.4, -0.2) is 55.9 Å². The molecule has 1 aromatic carbocycles. The number of amides is 3. The minimum atomic E-state index is -0.403. The molecule has 1 unspecified atom stereocenters. The molecule has 0 aliphatic carbocycles. The van der Waals surface area contributed by atoms with Gasteiger partial charge in [-0.25, -0.2) is 0 Å². The summed E-state index contributed by atoms with van der Waals surface area (Å²) in [5.74, 6) is -0.104. The predicted molar refractivity (Wildman–Crippen MR) is 83.0 cm³/mol. The van der Waals surface area contributed by atoms with Gasteiger partial charge >= 0.3 is 0 Å². The Hall–Kier alpha value is -2.57. The molecule has 3 amide bonds. The fourth-order valence-electron chi connectivity index (χ4n) is 2.99. The summed E-state index contributed by atoms with van der Waals surface area (Å²) in [6.07, 6.45) is 0.175. The third kappa shape index (κ3) is 3.13. The van der Waals surface area contributed by atoms with Crippen LogP contribution in [0.2, 0.25) is 0 Å². The van der Waals surface area contributed by atoms with E-state index in [0.29, 0.717) is 25.4 Å². The number of anilines is 1. The maximum absolute atomic E-state index is 12.5. The van der Waals surface area contributed by atoms with Crippen molar-refractivity contribution in [2.24, 2.45) is 5.92 Å². The zero-order valence-corrected chi connectivity index (χ0v) is 12.9. The molecule has 0 aromatic heterocycles. The fraction of sp³-hybridized carbons (Fsp3) is 0.438. The highest BCUT2D eigenvalue weighted by molar-refractivity contribution is 6.01. The smallest absolute Gasteiger partial charge is 0.239 e. The van der Waals surface area contributed by atoms with Crippen LogP contribution >= 0.6 is 0 Å². The molecule has 0 spiro atoms. The van der Waals surface area contributed by atoms with Crippen LogP contribution in [0.15, 0.2) is 24.3 Å². The zero-order chi connectivity index (χ0) is 16.4. The molecule has 0 bridgehead atoms. The lowest BCUT2D eigenvalue weighted by atomic mass is 10.1. The maximum atomic E-state index is 12.5. The molecule has 1 atom stereocenters. The zero-order valence-electron chi connectivity index (χ0n) is 12.9. The lowest BCUT2D eigenvalue weighted by Gasteiger charge is -2.28. The number of ether oxygens (including phenoxy) is 1. The van der Waals surface area contributed by atoms with E-state index in [0.717, 1.165) is 5.69 Å². The van der Waals surface area contributed by atoms with Gasteiger partial charge in [-0.1, -0.05) is 6.07 Å². The number of carbonyl (C=O) groups is 3. The second-order valence-corrected chi connectivity index (χ2v) is 5.72. The number of methoxy groups -OCH3 is 1. The van der Waals surface area contributed by atoms with Crippen LogP contribution in [0.5, 0.6) is 5.75 Å². The first-order valence-electron chi connectivity index (χ1n) is 7.58. The van der Waals surface area contributed by atoms with E-state index >= 15 is 0 Å². The van der Waals surface area contributed by atoms with Crippen LogP contribution in [0.4, 0.5) is 5.69 Å². The molecule has 7 heteroatoms. The molecule has 2 aliphatic heterocycles. The summed E-state index contributed by atoms with van der Waals surface area (Å²) in [4.78, 5) is 39.4. The van der Waals surface area contributed by atoms with Gasteiger partial charge in [0, 0.05) is 37.8 Å². The second-order valence-electron chi connectivity index (χ2n) is 5.72. The van der Waals surface area contributed by atoms with Gasteiger partial charge in [-0.15, -0.1) is 0 Å². The van der Waals surface area contributed by atoms with Crippen molar-refractivity contribution in [2.45, 2.75) is 6.42 Å². The van der Waals surface area contributed by atoms with E-state index in [2.05, 4.69) is 5.32 Å². The highest BCUT2D eigenvalue weighted by Crippen LogP contribution is 2.28. The van der Waals surface area contributed by atoms with Crippen LogP contribution in [0.25, 0.3) is 0 Å². The molecule has 7 nitrogen and oxygen atoms in total. The summed E-state index contributed by atoms with van der Waals surface area (Å²) in [5.41, 5.74) is 0.723. The van der Waals surface area contributed by atoms with Crippen LogP contribution in [0, 0.1) is 5.92 Å². The van der Waals surface area contributed by atoms with Gasteiger partial charge in [0.25, 0.3) is 0 Å². The Morgan fingerprint density at radius 3 is 2.91 bits per heavy atom. The van der Waals surface area contributed by atoms with Crippen molar-refractivity contribution in [3.8, 4) is 5.75 Å². The van der Waals surface area contributed by atoms with Gasteiger partial charge in [0.1, 0.15) is 5.75 Å². The lowest BCUT2D eigenvalue weighted by Crippen LogP contribution is -2.51. The molecule has 0 saturated carbocycles. The van der Waals surface area contributed by atoms with Crippen LogP contribution in [0.1, 0.15) is 6.42 Å². The molecule has 1 aromatic rings. The standard InChI is InChI=1S/C16H19N3O4/c1-23-13-4-2-3-12(8-13)19-9-11(7-15(19)21)16(22)18-6-5-17-14(20)10-18/h2-4,8,11H,5-7,9-10H2,1H3,(H,17,20). The Balaban J connectivity index is 1.71. The van der Waals surface area contributed by atoms with Crippen molar-refractivity contribution in [2.75, 3.05) is 38.2 Å². The van der Waals surface area contributed by atoms with Crippen molar-refractivity contribution in [3.05, 3.63) is 24.3 Å². The van der Waals surface area contributed by atoms with E-state index < -0.39 is 5.92 Å². The van der Waals surface area contributed by atoms with E-state index in [9.17, 15) is 14.4 Å². The molecule has 0 radical (unpaired) electrons. The molecule has 2 fully saturated rings. The number of rotatable bonds is 3. The van der Waals surface area contributed by atoms with Crippen molar-refractivity contribution in [1.29, 1.82) is 0 Å². The highest BCUT2D eigenvalue weighted by atomic mass is 16.5. The topological polar surface area (TPSA) is 79.0 Å². The second kappa shape index (κ2) is 6.28. The van der Waals surface area contributed by atoms with Gasteiger partial charge in [0.05, 0.1) is 19.6 Å². The quantitative estimate of drug-likeness (QED) is 0.851.